The van der Waals surface area contributed by atoms with Gasteiger partial charge in [0.25, 0.3) is 0 Å². The fourth-order valence-corrected chi connectivity index (χ4v) is 3.15. The highest BCUT2D eigenvalue weighted by molar-refractivity contribution is 5.77. The Hall–Kier alpha value is -2.36. The van der Waals surface area contributed by atoms with Crippen LogP contribution in [0.5, 0.6) is 5.88 Å². The maximum atomic E-state index is 11.9. The van der Waals surface area contributed by atoms with Crippen LogP contribution in [0.4, 0.5) is 0 Å². The number of rotatable bonds is 4. The van der Waals surface area contributed by atoms with E-state index in [1.165, 1.54) is 0 Å². The largest absolute Gasteiger partial charge is 0.481 e. The van der Waals surface area contributed by atoms with Crippen LogP contribution in [0, 0.1) is 5.41 Å². The summed E-state index contributed by atoms with van der Waals surface area (Å²) >= 11 is 0. The molecule has 1 aromatic carbocycles. The average molecular weight is 283 g/mol. The summed E-state index contributed by atoms with van der Waals surface area (Å²) in [5, 5.41) is 9.80. The number of pyridine rings is 1. The zero-order valence-corrected chi connectivity index (χ0v) is 11.9. The molecule has 1 aromatic heterocycles. The van der Waals surface area contributed by atoms with E-state index < -0.39 is 11.4 Å². The van der Waals surface area contributed by atoms with Crippen molar-refractivity contribution in [2.45, 2.75) is 19.3 Å². The van der Waals surface area contributed by atoms with E-state index in [0.717, 1.165) is 16.7 Å². The molecule has 0 radical (unpaired) electrons. The van der Waals surface area contributed by atoms with Gasteiger partial charge in [-0.15, -0.1) is 0 Å². The minimum Gasteiger partial charge on any atom is -0.481 e. The average Bonchev–Trinajstić information content (AvgIpc) is 2.87. The van der Waals surface area contributed by atoms with E-state index >= 15 is 0 Å². The molecule has 0 bridgehead atoms. The molecule has 0 saturated carbocycles. The van der Waals surface area contributed by atoms with E-state index in [9.17, 15) is 9.90 Å². The van der Waals surface area contributed by atoms with Gasteiger partial charge in [0.15, 0.2) is 0 Å². The monoisotopic (exact) mass is 283 g/mol. The Labute approximate surface area is 123 Å². The van der Waals surface area contributed by atoms with Crippen molar-refractivity contribution in [2.75, 3.05) is 7.11 Å². The molecule has 2 aromatic rings. The summed E-state index contributed by atoms with van der Waals surface area (Å²) in [5.41, 5.74) is 2.29. The molecular weight excluding hydrogens is 266 g/mol. The summed E-state index contributed by atoms with van der Waals surface area (Å²) in [5.74, 6) is -0.251. The van der Waals surface area contributed by atoms with Crippen LogP contribution in [0.25, 0.3) is 0 Å². The van der Waals surface area contributed by atoms with Gasteiger partial charge in [-0.1, -0.05) is 30.3 Å². The smallest absolute Gasteiger partial charge is 0.310 e. The van der Waals surface area contributed by atoms with Crippen LogP contribution in [-0.2, 0) is 24.1 Å². The predicted octanol–water partition coefficient (Wildman–Crippen LogP) is 2.50. The van der Waals surface area contributed by atoms with Gasteiger partial charge in [-0.05, 0) is 36.5 Å². The molecule has 0 saturated heterocycles. The normalized spacial score (nSPS) is 15.5. The number of carboxylic acid groups (broad SMARTS) is 1. The topological polar surface area (TPSA) is 59.4 Å². The van der Waals surface area contributed by atoms with Crippen molar-refractivity contribution in [3.63, 3.8) is 0 Å². The molecule has 108 valence electrons. The molecular formula is C17H17NO3. The quantitative estimate of drug-likeness (QED) is 0.936. The second-order valence-electron chi connectivity index (χ2n) is 5.56. The predicted molar refractivity (Wildman–Crippen MR) is 78.4 cm³/mol. The maximum absolute atomic E-state index is 11.9. The molecule has 0 spiro atoms. The molecule has 21 heavy (non-hydrogen) atoms. The molecule has 0 aliphatic heterocycles. The lowest BCUT2D eigenvalue weighted by molar-refractivity contribution is -0.148. The fourth-order valence-electron chi connectivity index (χ4n) is 3.15. The Kier molecular flexibility index (Phi) is 3.37. The van der Waals surface area contributed by atoms with Crippen molar-refractivity contribution in [3.05, 3.63) is 59.3 Å². The first-order valence-corrected chi connectivity index (χ1v) is 6.93. The number of hydrogen-bond donors (Lipinski definition) is 1. The Morgan fingerprint density at radius 1 is 1.24 bits per heavy atom. The number of hydrogen-bond acceptors (Lipinski definition) is 3. The number of methoxy groups -OCH3 is 1. The van der Waals surface area contributed by atoms with E-state index in [1.807, 2.05) is 36.4 Å². The summed E-state index contributed by atoms with van der Waals surface area (Å²) in [6.07, 6.45) is 3.18. The summed E-state index contributed by atoms with van der Waals surface area (Å²) in [6, 6.07) is 11.7. The van der Waals surface area contributed by atoms with Crippen LogP contribution < -0.4 is 4.74 Å². The summed E-state index contributed by atoms with van der Waals surface area (Å²) in [6.45, 7) is 0. The van der Waals surface area contributed by atoms with E-state index in [-0.39, 0.29) is 0 Å². The number of ether oxygens (including phenoxy) is 1. The van der Waals surface area contributed by atoms with Crippen molar-refractivity contribution in [1.82, 2.24) is 4.98 Å². The zero-order chi connectivity index (χ0) is 14.9. The van der Waals surface area contributed by atoms with Crippen molar-refractivity contribution < 1.29 is 14.6 Å². The number of fused-ring (bicyclic) bond motifs is 1. The molecule has 3 rings (SSSR count). The summed E-state index contributed by atoms with van der Waals surface area (Å²) in [4.78, 5) is 16.1. The van der Waals surface area contributed by atoms with Crippen LogP contribution in [0.3, 0.4) is 0 Å². The minimum absolute atomic E-state index is 0.425. The zero-order valence-electron chi connectivity index (χ0n) is 11.9. The van der Waals surface area contributed by atoms with Crippen LogP contribution in [-0.4, -0.2) is 23.2 Å². The van der Waals surface area contributed by atoms with E-state index in [0.29, 0.717) is 25.1 Å². The summed E-state index contributed by atoms with van der Waals surface area (Å²) in [7, 11) is 1.56. The van der Waals surface area contributed by atoms with Gasteiger partial charge < -0.3 is 9.84 Å². The number of carbonyl (C=O) groups is 1. The van der Waals surface area contributed by atoms with Crippen molar-refractivity contribution in [1.29, 1.82) is 0 Å². The van der Waals surface area contributed by atoms with Crippen LogP contribution in [0.1, 0.15) is 16.7 Å². The molecule has 0 amide bonds. The Morgan fingerprint density at radius 2 is 1.90 bits per heavy atom. The summed E-state index contributed by atoms with van der Waals surface area (Å²) < 4.78 is 5.25. The van der Waals surface area contributed by atoms with Gasteiger partial charge in [-0.25, -0.2) is 4.98 Å². The van der Waals surface area contributed by atoms with Crippen LogP contribution in [0.15, 0.2) is 42.6 Å². The number of aliphatic carboxylic acids is 1. The SMILES string of the molecule is COc1ncccc1CC1(C(=O)O)Cc2ccccc2C1. The van der Waals surface area contributed by atoms with Crippen molar-refractivity contribution in [2.24, 2.45) is 5.41 Å². The Bertz CT molecular complexity index is 656. The Balaban J connectivity index is 1.96. The second-order valence-corrected chi connectivity index (χ2v) is 5.56. The van der Waals surface area contributed by atoms with Crippen LogP contribution >= 0.6 is 0 Å². The van der Waals surface area contributed by atoms with E-state index in [4.69, 9.17) is 4.74 Å². The molecule has 4 heteroatoms. The third kappa shape index (κ3) is 2.37. The standard InChI is InChI=1S/C17H17NO3/c1-21-15-14(7-4-8-18-15)11-17(16(19)20)9-12-5-2-3-6-13(12)10-17/h2-8H,9-11H2,1H3,(H,19,20). The second kappa shape index (κ2) is 5.20. The first-order valence-electron chi connectivity index (χ1n) is 6.93. The number of aromatic nitrogens is 1. The first kappa shape index (κ1) is 13.6. The molecule has 0 fully saturated rings. The number of carboxylic acids is 1. The number of nitrogens with zero attached hydrogens (tertiary/aromatic N) is 1. The van der Waals surface area contributed by atoms with Crippen molar-refractivity contribution in [3.8, 4) is 5.88 Å². The van der Waals surface area contributed by atoms with Crippen LogP contribution in [0.2, 0.25) is 0 Å². The van der Waals surface area contributed by atoms with Gasteiger partial charge in [0, 0.05) is 11.8 Å². The third-order valence-corrected chi connectivity index (χ3v) is 4.20. The van der Waals surface area contributed by atoms with Gasteiger partial charge >= 0.3 is 5.97 Å². The molecule has 4 nitrogen and oxygen atoms in total. The van der Waals surface area contributed by atoms with Crippen molar-refractivity contribution >= 4 is 5.97 Å². The highest BCUT2D eigenvalue weighted by Crippen LogP contribution is 2.41. The lowest BCUT2D eigenvalue weighted by Gasteiger charge is -2.24. The minimum atomic E-state index is -0.806. The lowest BCUT2D eigenvalue weighted by atomic mass is 9.79. The molecule has 1 N–H and O–H groups in total. The number of benzene rings is 1. The Morgan fingerprint density at radius 3 is 2.48 bits per heavy atom. The van der Waals surface area contributed by atoms with E-state index in [2.05, 4.69) is 4.98 Å². The highest BCUT2D eigenvalue weighted by Gasteiger charge is 2.44. The van der Waals surface area contributed by atoms with Gasteiger partial charge in [0.1, 0.15) is 0 Å². The van der Waals surface area contributed by atoms with Gasteiger partial charge in [-0.2, -0.15) is 0 Å². The van der Waals surface area contributed by atoms with E-state index in [1.54, 1.807) is 13.3 Å². The lowest BCUT2D eigenvalue weighted by Crippen LogP contribution is -2.34. The molecule has 0 atom stereocenters. The fraction of sp³-hybridized carbons (Fsp3) is 0.294. The molecule has 1 aliphatic rings. The highest BCUT2D eigenvalue weighted by atomic mass is 16.5. The van der Waals surface area contributed by atoms with Gasteiger partial charge in [-0.3, -0.25) is 4.79 Å². The third-order valence-electron chi connectivity index (χ3n) is 4.20. The van der Waals surface area contributed by atoms with Gasteiger partial charge in [0.05, 0.1) is 12.5 Å². The van der Waals surface area contributed by atoms with Gasteiger partial charge in [0.2, 0.25) is 5.88 Å². The first-order chi connectivity index (χ1) is 10.1. The maximum Gasteiger partial charge on any atom is 0.310 e. The molecule has 1 heterocycles. The molecule has 1 aliphatic carbocycles. The molecule has 0 unspecified atom stereocenters.